The lowest BCUT2D eigenvalue weighted by Crippen LogP contribution is -2.17. The van der Waals surface area contributed by atoms with Crippen LogP contribution in [0.15, 0.2) is 52.8 Å². The number of sulfonamides is 2. The molecule has 0 aliphatic heterocycles. The van der Waals surface area contributed by atoms with E-state index in [1.165, 1.54) is 18.2 Å². The van der Waals surface area contributed by atoms with Crippen LogP contribution in [0.3, 0.4) is 0 Å². The third kappa shape index (κ3) is 5.07. The van der Waals surface area contributed by atoms with Gasteiger partial charge in [0.25, 0.3) is 10.0 Å². The Hall–Kier alpha value is -1.87. The van der Waals surface area contributed by atoms with Crippen LogP contribution in [-0.2, 0) is 20.0 Å². The molecule has 0 spiro atoms. The lowest BCUT2D eigenvalue weighted by molar-refractivity contribution is 0.598. The Morgan fingerprint density at radius 3 is 2.42 bits per heavy atom. The van der Waals surface area contributed by atoms with E-state index in [1.54, 1.807) is 37.3 Å². The third-order valence-corrected chi connectivity index (χ3v) is 5.17. The van der Waals surface area contributed by atoms with Crippen LogP contribution < -0.4 is 9.86 Å². The lowest BCUT2D eigenvalue weighted by atomic mass is 10.2. The minimum atomic E-state index is -4.07. The maximum atomic E-state index is 12.2. The van der Waals surface area contributed by atoms with Crippen molar-refractivity contribution in [2.75, 3.05) is 4.72 Å². The third-order valence-electron chi connectivity index (χ3n) is 2.98. The normalized spacial score (nSPS) is 12.5. The highest BCUT2D eigenvalue weighted by atomic mass is 35.5. The second-order valence-corrected chi connectivity index (χ2v) is 8.58. The van der Waals surface area contributed by atoms with Crippen LogP contribution in [0.5, 0.6) is 0 Å². The highest BCUT2D eigenvalue weighted by Crippen LogP contribution is 2.23. The molecule has 0 bridgehead atoms. The molecule has 0 aliphatic carbocycles. The number of benzene rings is 2. The first-order valence-electron chi connectivity index (χ1n) is 6.67. The summed E-state index contributed by atoms with van der Waals surface area (Å²) < 4.78 is 49.7. The number of aryl methyl sites for hydroxylation is 1. The van der Waals surface area contributed by atoms with Gasteiger partial charge in [-0.05, 0) is 48.4 Å². The van der Waals surface area contributed by atoms with E-state index in [-0.39, 0.29) is 10.6 Å². The van der Waals surface area contributed by atoms with Crippen molar-refractivity contribution in [3.63, 3.8) is 0 Å². The number of anilines is 1. The van der Waals surface area contributed by atoms with Gasteiger partial charge < -0.3 is 0 Å². The van der Waals surface area contributed by atoms with Gasteiger partial charge in [-0.3, -0.25) is 4.72 Å². The Kier molecular flexibility index (Phi) is 5.34. The number of hydrogen-bond donors (Lipinski definition) is 2. The summed E-state index contributed by atoms with van der Waals surface area (Å²) >= 11 is 5.83. The molecule has 0 saturated heterocycles. The van der Waals surface area contributed by atoms with Crippen LogP contribution in [0.25, 0.3) is 6.08 Å². The van der Waals surface area contributed by atoms with E-state index in [0.717, 1.165) is 5.41 Å². The van der Waals surface area contributed by atoms with Crippen LogP contribution in [0.1, 0.15) is 11.1 Å². The van der Waals surface area contributed by atoms with Gasteiger partial charge in [0.15, 0.2) is 0 Å². The van der Waals surface area contributed by atoms with Crippen LogP contribution >= 0.6 is 11.6 Å². The van der Waals surface area contributed by atoms with Gasteiger partial charge in [-0.2, -0.15) is 0 Å². The predicted molar refractivity (Wildman–Crippen MR) is 95.6 cm³/mol. The van der Waals surface area contributed by atoms with Gasteiger partial charge >= 0.3 is 0 Å². The van der Waals surface area contributed by atoms with Crippen molar-refractivity contribution in [1.29, 1.82) is 0 Å². The molecule has 0 aliphatic rings. The van der Waals surface area contributed by atoms with Crippen molar-refractivity contribution in [3.05, 3.63) is 64.0 Å². The Labute approximate surface area is 146 Å². The van der Waals surface area contributed by atoms with Gasteiger partial charge in [-0.25, -0.2) is 22.0 Å². The van der Waals surface area contributed by atoms with E-state index in [4.69, 9.17) is 16.7 Å². The molecule has 24 heavy (non-hydrogen) atoms. The van der Waals surface area contributed by atoms with Crippen molar-refractivity contribution < 1.29 is 16.8 Å². The lowest BCUT2D eigenvalue weighted by Gasteiger charge is -2.10. The molecule has 3 N–H and O–H groups in total. The van der Waals surface area contributed by atoms with E-state index in [2.05, 4.69) is 4.72 Å². The molecule has 2 rings (SSSR count). The zero-order chi connectivity index (χ0) is 18.0. The maximum Gasteiger partial charge on any atom is 0.255 e. The molecule has 0 heterocycles. The number of nitrogens with one attached hydrogen (secondary N) is 1. The number of nitrogens with two attached hydrogens (primary N) is 1. The fourth-order valence-corrected chi connectivity index (χ4v) is 3.84. The minimum Gasteiger partial charge on any atom is -0.279 e. The van der Waals surface area contributed by atoms with E-state index in [1.807, 2.05) is 0 Å². The van der Waals surface area contributed by atoms with Crippen molar-refractivity contribution in [3.8, 4) is 0 Å². The summed E-state index contributed by atoms with van der Waals surface area (Å²) in [4.78, 5) is -0.290. The van der Waals surface area contributed by atoms with Crippen molar-refractivity contribution in [2.45, 2.75) is 11.8 Å². The molecule has 0 amide bonds. The Balaban J connectivity index is 2.33. The van der Waals surface area contributed by atoms with Crippen LogP contribution in [0, 0.1) is 6.92 Å². The van der Waals surface area contributed by atoms with E-state index in [9.17, 15) is 16.8 Å². The summed E-state index contributed by atoms with van der Waals surface area (Å²) in [5.74, 6) is 0. The molecule has 0 atom stereocenters. The van der Waals surface area contributed by atoms with Gasteiger partial charge in [0.2, 0.25) is 10.0 Å². The molecule has 0 radical (unpaired) electrons. The topological polar surface area (TPSA) is 106 Å². The highest BCUT2D eigenvalue weighted by Gasteiger charge is 2.17. The Bertz CT molecular complexity index is 1000. The first-order valence-corrected chi connectivity index (χ1v) is 10.1. The van der Waals surface area contributed by atoms with E-state index < -0.39 is 20.0 Å². The number of primary sulfonamides is 1. The summed E-state index contributed by atoms with van der Waals surface area (Å²) in [7, 11) is -8.00. The standard InChI is InChI=1S/C15H15ClN2O4S2/c1-11-5-6-14(15(9-11)24(17,21)22)18-23(19,20)8-7-12-3-2-4-13(16)10-12/h2-10,18H,1H3,(H2,17,21,22)/b8-7+. The number of hydrogen-bond acceptors (Lipinski definition) is 4. The van der Waals surface area contributed by atoms with Gasteiger partial charge in [-0.15, -0.1) is 0 Å². The molecule has 6 nitrogen and oxygen atoms in total. The molecular formula is C15H15ClN2O4S2. The molecule has 2 aromatic carbocycles. The molecule has 0 saturated carbocycles. The quantitative estimate of drug-likeness (QED) is 0.823. The SMILES string of the molecule is Cc1ccc(NS(=O)(=O)/C=C/c2cccc(Cl)c2)c(S(N)(=O)=O)c1. The molecule has 9 heteroatoms. The first-order chi connectivity index (χ1) is 11.1. The van der Waals surface area contributed by atoms with Gasteiger partial charge in [0.1, 0.15) is 4.90 Å². The zero-order valence-electron chi connectivity index (χ0n) is 12.6. The molecule has 0 aromatic heterocycles. The fraction of sp³-hybridized carbons (Fsp3) is 0.0667. The van der Waals surface area contributed by atoms with Gasteiger partial charge in [0.05, 0.1) is 11.1 Å². The van der Waals surface area contributed by atoms with Crippen LogP contribution in [0.2, 0.25) is 5.02 Å². The van der Waals surface area contributed by atoms with E-state index >= 15 is 0 Å². The molecule has 0 unspecified atom stereocenters. The molecule has 2 aromatic rings. The van der Waals surface area contributed by atoms with E-state index in [0.29, 0.717) is 16.1 Å². The molecular weight excluding hydrogens is 372 g/mol. The second kappa shape index (κ2) is 6.94. The zero-order valence-corrected chi connectivity index (χ0v) is 15.0. The summed E-state index contributed by atoms with van der Waals surface area (Å²) in [6, 6.07) is 10.8. The minimum absolute atomic E-state index is 0.112. The fourth-order valence-electron chi connectivity index (χ4n) is 1.91. The van der Waals surface area contributed by atoms with Crippen molar-refractivity contribution in [1.82, 2.24) is 0 Å². The maximum absolute atomic E-state index is 12.2. The summed E-state index contributed by atoms with van der Waals surface area (Å²) in [6.07, 6.45) is 1.35. The van der Waals surface area contributed by atoms with Gasteiger partial charge in [0, 0.05) is 5.02 Å². The number of halogens is 1. The summed E-state index contributed by atoms with van der Waals surface area (Å²) in [5.41, 5.74) is 1.11. The number of rotatable bonds is 5. The Morgan fingerprint density at radius 1 is 1.08 bits per heavy atom. The van der Waals surface area contributed by atoms with Crippen molar-refractivity contribution >= 4 is 43.4 Å². The average Bonchev–Trinajstić information content (AvgIpc) is 2.46. The predicted octanol–water partition coefficient (Wildman–Crippen LogP) is 2.71. The van der Waals surface area contributed by atoms with Crippen LogP contribution in [0.4, 0.5) is 5.69 Å². The molecule has 0 fully saturated rings. The van der Waals surface area contributed by atoms with Crippen molar-refractivity contribution in [2.24, 2.45) is 5.14 Å². The first kappa shape index (κ1) is 18.5. The average molecular weight is 387 g/mol. The largest absolute Gasteiger partial charge is 0.279 e. The summed E-state index contributed by atoms with van der Waals surface area (Å²) in [5, 5.41) is 6.52. The second-order valence-electron chi connectivity index (χ2n) is 5.05. The summed E-state index contributed by atoms with van der Waals surface area (Å²) in [6.45, 7) is 1.67. The smallest absolute Gasteiger partial charge is 0.255 e. The monoisotopic (exact) mass is 386 g/mol. The Morgan fingerprint density at radius 2 is 1.79 bits per heavy atom. The highest BCUT2D eigenvalue weighted by molar-refractivity contribution is 7.95. The molecule has 128 valence electrons. The van der Waals surface area contributed by atoms with Crippen LogP contribution in [-0.4, -0.2) is 16.8 Å². The van der Waals surface area contributed by atoms with Gasteiger partial charge in [-0.1, -0.05) is 29.8 Å².